The molecule has 2 fully saturated rings. The number of rotatable bonds is 9. The molecule has 1 aromatic rings. The van der Waals surface area contributed by atoms with Crippen LogP contribution in [0.2, 0.25) is 0 Å². The van der Waals surface area contributed by atoms with Gasteiger partial charge < -0.3 is 19.9 Å². The molecule has 2 heterocycles. The Kier molecular flexibility index (Phi) is 5.06. The molecule has 0 bridgehead atoms. The molecule has 5 heteroatoms. The van der Waals surface area contributed by atoms with Crippen LogP contribution in [0.5, 0.6) is 5.75 Å². The summed E-state index contributed by atoms with van der Waals surface area (Å²) in [7, 11) is 0. The molecule has 1 saturated heterocycles. The van der Waals surface area contributed by atoms with Crippen molar-refractivity contribution in [2.45, 2.75) is 31.2 Å². The van der Waals surface area contributed by atoms with E-state index in [4.69, 9.17) is 14.6 Å². The minimum absolute atomic E-state index is 0.104. The van der Waals surface area contributed by atoms with Gasteiger partial charge in [-0.25, -0.2) is 0 Å². The molecular weight excluding hydrogens is 268 g/mol. The lowest BCUT2D eigenvalue weighted by atomic mass is 10.1. The van der Waals surface area contributed by atoms with Gasteiger partial charge in [-0.1, -0.05) is 0 Å². The van der Waals surface area contributed by atoms with Crippen LogP contribution in [-0.2, 0) is 4.74 Å². The number of nitrogens with one attached hydrogen (secondary N) is 1. The summed E-state index contributed by atoms with van der Waals surface area (Å²) in [6, 6.07) is 2.64. The lowest BCUT2D eigenvalue weighted by Crippen LogP contribution is -2.46. The second-order valence-electron chi connectivity index (χ2n) is 5.93. The molecule has 2 aliphatic rings. The summed E-state index contributed by atoms with van der Waals surface area (Å²) in [5.74, 6) is 2.16. The van der Waals surface area contributed by atoms with E-state index < -0.39 is 0 Å². The molecule has 1 saturated carbocycles. The van der Waals surface area contributed by atoms with Gasteiger partial charge in [0, 0.05) is 18.8 Å². The molecule has 1 aromatic heterocycles. The summed E-state index contributed by atoms with van der Waals surface area (Å²) >= 11 is 0. The normalized spacial score (nSPS) is 27.2. The first-order chi connectivity index (χ1) is 10.4. The monoisotopic (exact) mass is 292 g/mol. The van der Waals surface area contributed by atoms with Crippen LogP contribution in [0.25, 0.3) is 0 Å². The molecule has 5 nitrogen and oxygen atoms in total. The molecule has 1 aliphatic carbocycles. The van der Waals surface area contributed by atoms with Crippen molar-refractivity contribution in [3.05, 3.63) is 24.0 Å². The number of hydrogen-bond donors (Lipinski definition) is 2. The number of aliphatic hydroxyl groups excluding tert-OH is 1. The Morgan fingerprint density at radius 3 is 3.00 bits per heavy atom. The Bertz CT molecular complexity index is 451. The standard InChI is InChI=1S/C16H24N2O3/c19-4-6-20-5-2-12-8-16(12)13-7-15(10-17-9-13)21-11-14-1-3-18-14/h7,9-10,12,14,16,18-19H,1-6,8,11H2/t12-,14+,16+/m1/s1. The topological polar surface area (TPSA) is 63.6 Å². The van der Waals surface area contributed by atoms with Crippen molar-refractivity contribution in [1.29, 1.82) is 0 Å². The van der Waals surface area contributed by atoms with E-state index in [-0.39, 0.29) is 6.61 Å². The zero-order chi connectivity index (χ0) is 14.5. The Morgan fingerprint density at radius 1 is 1.33 bits per heavy atom. The molecular formula is C16H24N2O3. The van der Waals surface area contributed by atoms with Gasteiger partial charge in [0.15, 0.2) is 0 Å². The number of ether oxygens (including phenoxy) is 2. The van der Waals surface area contributed by atoms with Gasteiger partial charge in [-0.15, -0.1) is 0 Å². The zero-order valence-corrected chi connectivity index (χ0v) is 12.3. The summed E-state index contributed by atoms with van der Waals surface area (Å²) in [6.45, 7) is 3.12. The van der Waals surface area contributed by atoms with Crippen molar-refractivity contribution in [1.82, 2.24) is 10.3 Å². The molecule has 0 spiro atoms. The van der Waals surface area contributed by atoms with E-state index >= 15 is 0 Å². The highest BCUT2D eigenvalue weighted by atomic mass is 16.5. The number of aromatic nitrogens is 1. The van der Waals surface area contributed by atoms with E-state index in [0.29, 0.717) is 24.5 Å². The van der Waals surface area contributed by atoms with Crippen LogP contribution in [0.1, 0.15) is 30.7 Å². The quantitative estimate of drug-likeness (QED) is 0.672. The predicted octanol–water partition coefficient (Wildman–Crippen LogP) is 1.32. The molecule has 0 radical (unpaired) electrons. The highest BCUT2D eigenvalue weighted by Crippen LogP contribution is 2.49. The molecule has 0 unspecified atom stereocenters. The summed E-state index contributed by atoms with van der Waals surface area (Å²) in [5.41, 5.74) is 1.28. The van der Waals surface area contributed by atoms with Crippen molar-refractivity contribution >= 4 is 0 Å². The zero-order valence-electron chi connectivity index (χ0n) is 12.3. The summed E-state index contributed by atoms with van der Waals surface area (Å²) < 4.78 is 11.1. The fourth-order valence-electron chi connectivity index (χ4n) is 2.78. The summed E-state index contributed by atoms with van der Waals surface area (Å²) in [5, 5.41) is 12.0. The smallest absolute Gasteiger partial charge is 0.137 e. The van der Waals surface area contributed by atoms with E-state index in [1.54, 1.807) is 6.20 Å². The Morgan fingerprint density at radius 2 is 2.24 bits per heavy atom. The van der Waals surface area contributed by atoms with Crippen molar-refractivity contribution < 1.29 is 14.6 Å². The van der Waals surface area contributed by atoms with Crippen molar-refractivity contribution in [2.75, 3.05) is 33.0 Å². The summed E-state index contributed by atoms with van der Waals surface area (Å²) in [4.78, 5) is 4.30. The maximum absolute atomic E-state index is 8.67. The third-order valence-electron chi connectivity index (χ3n) is 4.33. The fourth-order valence-corrected chi connectivity index (χ4v) is 2.78. The maximum Gasteiger partial charge on any atom is 0.137 e. The first-order valence-electron chi connectivity index (χ1n) is 7.86. The van der Waals surface area contributed by atoms with Gasteiger partial charge in [0.1, 0.15) is 12.4 Å². The van der Waals surface area contributed by atoms with Crippen molar-refractivity contribution in [2.24, 2.45) is 5.92 Å². The van der Waals surface area contributed by atoms with Gasteiger partial charge in [-0.05, 0) is 49.3 Å². The van der Waals surface area contributed by atoms with Gasteiger partial charge in [0.25, 0.3) is 0 Å². The molecule has 0 aromatic carbocycles. The van der Waals surface area contributed by atoms with Crippen LogP contribution >= 0.6 is 0 Å². The highest BCUT2D eigenvalue weighted by molar-refractivity contribution is 5.30. The number of pyridine rings is 1. The van der Waals surface area contributed by atoms with E-state index in [9.17, 15) is 0 Å². The fraction of sp³-hybridized carbons (Fsp3) is 0.688. The second kappa shape index (κ2) is 7.20. The van der Waals surface area contributed by atoms with Crippen LogP contribution < -0.4 is 10.1 Å². The van der Waals surface area contributed by atoms with Crippen molar-refractivity contribution in [3.63, 3.8) is 0 Å². The molecule has 0 amide bonds. The number of nitrogens with zero attached hydrogens (tertiary/aromatic N) is 1. The first kappa shape index (κ1) is 14.8. The molecule has 21 heavy (non-hydrogen) atoms. The third kappa shape index (κ3) is 4.15. The van der Waals surface area contributed by atoms with Crippen LogP contribution in [0.4, 0.5) is 0 Å². The number of hydrogen-bond acceptors (Lipinski definition) is 5. The van der Waals surface area contributed by atoms with Crippen LogP contribution in [0, 0.1) is 5.92 Å². The average Bonchev–Trinajstić information content (AvgIpc) is 3.22. The third-order valence-corrected chi connectivity index (χ3v) is 4.33. The van der Waals surface area contributed by atoms with Gasteiger partial charge in [0.2, 0.25) is 0 Å². The lowest BCUT2D eigenvalue weighted by Gasteiger charge is -2.27. The average molecular weight is 292 g/mol. The van der Waals surface area contributed by atoms with Gasteiger partial charge in [0.05, 0.1) is 19.4 Å². The summed E-state index contributed by atoms with van der Waals surface area (Å²) in [6.07, 6.45) is 7.21. The van der Waals surface area contributed by atoms with E-state index in [0.717, 1.165) is 31.9 Å². The first-order valence-corrected chi connectivity index (χ1v) is 7.86. The number of aliphatic hydroxyl groups is 1. The highest BCUT2D eigenvalue weighted by Gasteiger charge is 2.38. The SMILES string of the molecule is OCCOCC[C@@H]1C[C@@H]1c1cncc(OC[C@@H]2CCN2)c1. The second-order valence-corrected chi connectivity index (χ2v) is 5.93. The van der Waals surface area contributed by atoms with E-state index in [1.807, 2.05) is 6.20 Å². The minimum Gasteiger partial charge on any atom is -0.490 e. The minimum atomic E-state index is 0.104. The van der Waals surface area contributed by atoms with Crippen LogP contribution in [0.15, 0.2) is 18.5 Å². The van der Waals surface area contributed by atoms with Gasteiger partial charge in [-0.2, -0.15) is 0 Å². The van der Waals surface area contributed by atoms with Gasteiger partial charge >= 0.3 is 0 Å². The van der Waals surface area contributed by atoms with E-state index in [2.05, 4.69) is 16.4 Å². The Labute approximate surface area is 125 Å². The molecule has 3 rings (SSSR count). The van der Waals surface area contributed by atoms with Gasteiger partial charge in [-0.3, -0.25) is 4.98 Å². The molecule has 3 atom stereocenters. The molecule has 1 aliphatic heterocycles. The van der Waals surface area contributed by atoms with Crippen molar-refractivity contribution in [3.8, 4) is 5.75 Å². The Hall–Kier alpha value is -1.17. The maximum atomic E-state index is 8.67. The van der Waals surface area contributed by atoms with Crippen LogP contribution in [-0.4, -0.2) is 49.1 Å². The Balaban J connectivity index is 1.43. The molecule has 2 N–H and O–H groups in total. The lowest BCUT2D eigenvalue weighted by molar-refractivity contribution is 0.0881. The molecule has 116 valence electrons. The van der Waals surface area contributed by atoms with E-state index in [1.165, 1.54) is 18.4 Å². The largest absolute Gasteiger partial charge is 0.490 e. The van der Waals surface area contributed by atoms with Crippen LogP contribution in [0.3, 0.4) is 0 Å². The predicted molar refractivity (Wildman–Crippen MR) is 79.5 cm³/mol.